The Bertz CT molecular complexity index is 626. The number of halogens is 1. The van der Waals surface area contributed by atoms with Gasteiger partial charge in [0.25, 0.3) is 0 Å². The molecule has 4 heteroatoms. The standard InChI is InChI=1S/C16H16INO2/c1-11-6-7-15(20-2)12(8-11)9-16(19)18-14-5-3-4-13(17)10-14/h3-8,10H,9H2,1-2H3,(H,18,19). The summed E-state index contributed by atoms with van der Waals surface area (Å²) in [7, 11) is 1.62. The minimum atomic E-state index is -0.0455. The van der Waals surface area contributed by atoms with E-state index in [1.54, 1.807) is 7.11 Å². The molecular weight excluding hydrogens is 365 g/mol. The molecule has 0 fully saturated rings. The maximum atomic E-state index is 12.1. The van der Waals surface area contributed by atoms with Crippen molar-refractivity contribution >= 4 is 34.2 Å². The molecule has 0 atom stereocenters. The monoisotopic (exact) mass is 381 g/mol. The summed E-state index contributed by atoms with van der Waals surface area (Å²) in [6.07, 6.45) is 0.302. The molecule has 1 amide bonds. The summed E-state index contributed by atoms with van der Waals surface area (Å²) in [5, 5.41) is 2.90. The zero-order chi connectivity index (χ0) is 14.5. The van der Waals surface area contributed by atoms with Gasteiger partial charge in [-0.2, -0.15) is 0 Å². The molecule has 0 unspecified atom stereocenters. The van der Waals surface area contributed by atoms with Crippen LogP contribution in [0, 0.1) is 10.5 Å². The number of amides is 1. The van der Waals surface area contributed by atoms with E-state index in [0.717, 1.165) is 26.1 Å². The van der Waals surface area contributed by atoms with Gasteiger partial charge in [0.15, 0.2) is 0 Å². The van der Waals surface area contributed by atoms with Crippen LogP contribution in [0.15, 0.2) is 42.5 Å². The Kier molecular flexibility index (Phi) is 5.00. The number of aryl methyl sites for hydroxylation is 1. The Morgan fingerprint density at radius 3 is 2.75 bits per heavy atom. The van der Waals surface area contributed by atoms with E-state index in [2.05, 4.69) is 27.9 Å². The average Bonchev–Trinajstić information content (AvgIpc) is 2.38. The molecule has 0 aromatic heterocycles. The molecule has 0 aliphatic rings. The van der Waals surface area contributed by atoms with E-state index in [0.29, 0.717) is 6.42 Å². The van der Waals surface area contributed by atoms with Gasteiger partial charge in [-0.05, 0) is 53.8 Å². The Balaban J connectivity index is 2.10. The van der Waals surface area contributed by atoms with Crippen molar-refractivity contribution in [2.75, 3.05) is 12.4 Å². The van der Waals surface area contributed by atoms with Gasteiger partial charge in [-0.15, -0.1) is 0 Å². The molecule has 0 aliphatic heterocycles. The second-order valence-corrected chi connectivity index (χ2v) is 5.80. The van der Waals surface area contributed by atoms with Crippen LogP contribution in [0.3, 0.4) is 0 Å². The van der Waals surface area contributed by atoms with Gasteiger partial charge >= 0.3 is 0 Å². The average molecular weight is 381 g/mol. The fourth-order valence-electron chi connectivity index (χ4n) is 1.99. The third-order valence-electron chi connectivity index (χ3n) is 2.90. The van der Waals surface area contributed by atoms with Gasteiger partial charge in [-0.1, -0.05) is 23.8 Å². The van der Waals surface area contributed by atoms with Crippen LogP contribution in [0.4, 0.5) is 5.69 Å². The van der Waals surface area contributed by atoms with Gasteiger partial charge in [0, 0.05) is 14.8 Å². The van der Waals surface area contributed by atoms with Gasteiger partial charge in [-0.3, -0.25) is 4.79 Å². The predicted molar refractivity (Wildman–Crippen MR) is 89.2 cm³/mol. The lowest BCUT2D eigenvalue weighted by Gasteiger charge is -2.10. The molecule has 1 N–H and O–H groups in total. The van der Waals surface area contributed by atoms with E-state index in [9.17, 15) is 4.79 Å². The van der Waals surface area contributed by atoms with Crippen molar-refractivity contribution in [2.24, 2.45) is 0 Å². The van der Waals surface area contributed by atoms with Crippen LogP contribution in [0.5, 0.6) is 5.75 Å². The topological polar surface area (TPSA) is 38.3 Å². The van der Waals surface area contributed by atoms with Crippen molar-refractivity contribution in [3.8, 4) is 5.75 Å². The summed E-state index contributed by atoms with van der Waals surface area (Å²) in [4.78, 5) is 12.1. The molecule has 20 heavy (non-hydrogen) atoms. The van der Waals surface area contributed by atoms with E-state index in [-0.39, 0.29) is 5.91 Å². The number of hydrogen-bond donors (Lipinski definition) is 1. The minimum Gasteiger partial charge on any atom is -0.496 e. The predicted octanol–water partition coefficient (Wildman–Crippen LogP) is 3.79. The molecule has 0 heterocycles. The Labute approximate surface area is 132 Å². The van der Waals surface area contributed by atoms with E-state index in [1.165, 1.54) is 0 Å². The van der Waals surface area contributed by atoms with Crippen molar-refractivity contribution in [2.45, 2.75) is 13.3 Å². The first-order valence-electron chi connectivity index (χ1n) is 6.27. The van der Waals surface area contributed by atoms with Crippen LogP contribution in [0.25, 0.3) is 0 Å². The van der Waals surface area contributed by atoms with Crippen molar-refractivity contribution in [1.82, 2.24) is 0 Å². The first-order valence-corrected chi connectivity index (χ1v) is 7.35. The fourth-order valence-corrected chi connectivity index (χ4v) is 2.53. The lowest BCUT2D eigenvalue weighted by Crippen LogP contribution is -2.15. The summed E-state index contributed by atoms with van der Waals surface area (Å²) in [6, 6.07) is 13.6. The van der Waals surface area contributed by atoms with Crippen molar-refractivity contribution in [3.63, 3.8) is 0 Å². The van der Waals surface area contributed by atoms with Crippen LogP contribution >= 0.6 is 22.6 Å². The molecule has 3 nitrogen and oxygen atoms in total. The van der Waals surface area contributed by atoms with Crippen molar-refractivity contribution in [3.05, 3.63) is 57.2 Å². The second-order valence-electron chi connectivity index (χ2n) is 4.55. The SMILES string of the molecule is COc1ccc(C)cc1CC(=O)Nc1cccc(I)c1. The van der Waals surface area contributed by atoms with Gasteiger partial charge in [0.1, 0.15) is 5.75 Å². The van der Waals surface area contributed by atoms with E-state index in [4.69, 9.17) is 4.74 Å². The molecular formula is C16H16INO2. The van der Waals surface area contributed by atoms with Crippen LogP contribution < -0.4 is 10.1 Å². The number of anilines is 1. The Morgan fingerprint density at radius 1 is 1.25 bits per heavy atom. The zero-order valence-corrected chi connectivity index (χ0v) is 13.6. The largest absolute Gasteiger partial charge is 0.496 e. The maximum Gasteiger partial charge on any atom is 0.228 e. The number of ether oxygens (including phenoxy) is 1. The zero-order valence-electron chi connectivity index (χ0n) is 11.4. The van der Waals surface area contributed by atoms with Crippen molar-refractivity contribution < 1.29 is 9.53 Å². The van der Waals surface area contributed by atoms with Crippen molar-refractivity contribution in [1.29, 1.82) is 0 Å². The highest BCUT2D eigenvalue weighted by molar-refractivity contribution is 14.1. The number of rotatable bonds is 4. The number of nitrogens with one attached hydrogen (secondary N) is 1. The van der Waals surface area contributed by atoms with Gasteiger partial charge in [0.05, 0.1) is 13.5 Å². The number of methoxy groups -OCH3 is 1. The molecule has 0 saturated carbocycles. The van der Waals surface area contributed by atoms with Gasteiger partial charge < -0.3 is 10.1 Å². The van der Waals surface area contributed by atoms with Crippen LogP contribution in [0.2, 0.25) is 0 Å². The lowest BCUT2D eigenvalue weighted by molar-refractivity contribution is -0.115. The summed E-state index contributed by atoms with van der Waals surface area (Å²) < 4.78 is 6.38. The molecule has 104 valence electrons. The van der Waals surface area contributed by atoms with Gasteiger partial charge in [0.2, 0.25) is 5.91 Å². The molecule has 0 radical (unpaired) electrons. The number of benzene rings is 2. The molecule has 0 aliphatic carbocycles. The number of carbonyl (C=O) groups is 1. The van der Waals surface area contributed by atoms with Gasteiger partial charge in [-0.25, -0.2) is 0 Å². The molecule has 2 aromatic rings. The van der Waals surface area contributed by atoms with Crippen LogP contribution in [0.1, 0.15) is 11.1 Å². The Morgan fingerprint density at radius 2 is 2.05 bits per heavy atom. The molecule has 2 aromatic carbocycles. The summed E-state index contributed by atoms with van der Waals surface area (Å²) in [5.41, 5.74) is 2.83. The summed E-state index contributed by atoms with van der Waals surface area (Å²) >= 11 is 2.22. The second kappa shape index (κ2) is 6.74. The fraction of sp³-hybridized carbons (Fsp3) is 0.188. The third kappa shape index (κ3) is 3.96. The first-order chi connectivity index (χ1) is 9.58. The number of hydrogen-bond acceptors (Lipinski definition) is 2. The number of carbonyl (C=O) groups excluding carboxylic acids is 1. The van der Waals surface area contributed by atoms with Crippen LogP contribution in [-0.2, 0) is 11.2 Å². The molecule has 0 bridgehead atoms. The highest BCUT2D eigenvalue weighted by Crippen LogP contribution is 2.21. The molecule has 2 rings (SSSR count). The summed E-state index contributed by atoms with van der Waals surface area (Å²) in [5.74, 6) is 0.698. The third-order valence-corrected chi connectivity index (χ3v) is 3.57. The van der Waals surface area contributed by atoms with E-state index >= 15 is 0 Å². The smallest absolute Gasteiger partial charge is 0.228 e. The highest BCUT2D eigenvalue weighted by atomic mass is 127. The normalized spacial score (nSPS) is 10.2. The Hall–Kier alpha value is -1.56. The minimum absolute atomic E-state index is 0.0455. The summed E-state index contributed by atoms with van der Waals surface area (Å²) in [6.45, 7) is 2.00. The molecule has 0 saturated heterocycles. The maximum absolute atomic E-state index is 12.1. The van der Waals surface area contributed by atoms with E-state index < -0.39 is 0 Å². The lowest BCUT2D eigenvalue weighted by atomic mass is 10.1. The quantitative estimate of drug-likeness (QED) is 0.819. The van der Waals surface area contributed by atoms with E-state index in [1.807, 2.05) is 49.4 Å². The molecule has 0 spiro atoms. The van der Waals surface area contributed by atoms with Crippen LogP contribution in [-0.4, -0.2) is 13.0 Å². The first kappa shape index (κ1) is 14.8. The highest BCUT2D eigenvalue weighted by Gasteiger charge is 2.09.